The van der Waals surface area contributed by atoms with E-state index in [0.29, 0.717) is 19.3 Å². The summed E-state index contributed by atoms with van der Waals surface area (Å²) in [7, 11) is 0. The lowest BCUT2D eigenvalue weighted by Crippen LogP contribution is -2.12. The summed E-state index contributed by atoms with van der Waals surface area (Å²) >= 11 is 0. The fourth-order valence-electron chi connectivity index (χ4n) is 1.46. The maximum absolute atomic E-state index is 9.61. The summed E-state index contributed by atoms with van der Waals surface area (Å²) in [6, 6.07) is 4.00. The Morgan fingerprint density at radius 3 is 2.73 bits per heavy atom. The lowest BCUT2D eigenvalue weighted by Gasteiger charge is -2.09. The molecule has 1 rings (SSSR count). The first-order valence-corrected chi connectivity index (χ1v) is 5.49. The van der Waals surface area contributed by atoms with Gasteiger partial charge in [-0.3, -0.25) is 4.98 Å². The van der Waals surface area contributed by atoms with Gasteiger partial charge in [-0.1, -0.05) is 13.0 Å². The second-order valence-electron chi connectivity index (χ2n) is 3.74. The van der Waals surface area contributed by atoms with Gasteiger partial charge < -0.3 is 10.2 Å². The summed E-state index contributed by atoms with van der Waals surface area (Å²) < 4.78 is 0. The molecule has 1 aromatic heterocycles. The monoisotopic (exact) mass is 209 g/mol. The third kappa shape index (κ3) is 4.40. The normalized spacial score (nSPS) is 12.7. The van der Waals surface area contributed by atoms with Crippen LogP contribution in [0.2, 0.25) is 0 Å². The Morgan fingerprint density at radius 1 is 1.40 bits per heavy atom. The van der Waals surface area contributed by atoms with Gasteiger partial charge in [-0.2, -0.15) is 0 Å². The van der Waals surface area contributed by atoms with Crippen LogP contribution in [0.5, 0.6) is 0 Å². The van der Waals surface area contributed by atoms with Gasteiger partial charge in [0.15, 0.2) is 0 Å². The molecular weight excluding hydrogens is 190 g/mol. The predicted molar refractivity (Wildman–Crippen MR) is 59.6 cm³/mol. The summed E-state index contributed by atoms with van der Waals surface area (Å²) in [5.74, 6) is 0. The second kappa shape index (κ2) is 6.53. The molecule has 1 unspecified atom stereocenters. The van der Waals surface area contributed by atoms with E-state index in [2.05, 4.69) is 11.9 Å². The van der Waals surface area contributed by atoms with Crippen LogP contribution in [0.1, 0.15) is 31.0 Å². The summed E-state index contributed by atoms with van der Waals surface area (Å²) in [6.07, 6.45) is 4.30. The Morgan fingerprint density at radius 2 is 2.20 bits per heavy atom. The molecule has 0 amide bonds. The molecule has 0 fully saturated rings. The molecule has 0 radical (unpaired) electrons. The van der Waals surface area contributed by atoms with E-state index in [1.54, 1.807) is 0 Å². The standard InChI is InChI=1S/C12H19NO2/c1-2-10-5-6-11(13-9-10)8-12(15)4-3-7-14/h5-6,9,12,14-15H,2-4,7-8H2,1H3. The summed E-state index contributed by atoms with van der Waals surface area (Å²) in [4.78, 5) is 4.28. The van der Waals surface area contributed by atoms with Gasteiger partial charge in [0.25, 0.3) is 0 Å². The van der Waals surface area contributed by atoms with Gasteiger partial charge in [0.1, 0.15) is 0 Å². The smallest absolute Gasteiger partial charge is 0.0596 e. The molecule has 0 aliphatic heterocycles. The van der Waals surface area contributed by atoms with E-state index < -0.39 is 6.10 Å². The first-order valence-electron chi connectivity index (χ1n) is 5.49. The molecule has 0 saturated carbocycles. The number of pyridine rings is 1. The molecule has 84 valence electrons. The number of hydrogen-bond acceptors (Lipinski definition) is 3. The molecule has 0 saturated heterocycles. The van der Waals surface area contributed by atoms with Gasteiger partial charge in [0.05, 0.1) is 6.10 Å². The van der Waals surface area contributed by atoms with E-state index in [-0.39, 0.29) is 6.61 Å². The molecule has 3 heteroatoms. The summed E-state index contributed by atoms with van der Waals surface area (Å²) in [5, 5.41) is 18.2. The van der Waals surface area contributed by atoms with Crippen LogP contribution >= 0.6 is 0 Å². The zero-order valence-corrected chi connectivity index (χ0v) is 9.19. The number of rotatable bonds is 6. The minimum atomic E-state index is -0.392. The quantitative estimate of drug-likeness (QED) is 0.743. The summed E-state index contributed by atoms with van der Waals surface area (Å²) in [5.41, 5.74) is 2.13. The minimum absolute atomic E-state index is 0.138. The zero-order valence-electron chi connectivity index (χ0n) is 9.19. The van der Waals surface area contributed by atoms with Gasteiger partial charge in [-0.25, -0.2) is 0 Å². The Balaban J connectivity index is 2.42. The van der Waals surface area contributed by atoms with Crippen LogP contribution in [0.15, 0.2) is 18.3 Å². The summed E-state index contributed by atoms with van der Waals surface area (Å²) in [6.45, 7) is 2.23. The number of hydrogen-bond donors (Lipinski definition) is 2. The Kier molecular flexibility index (Phi) is 5.29. The fraction of sp³-hybridized carbons (Fsp3) is 0.583. The van der Waals surface area contributed by atoms with E-state index in [4.69, 9.17) is 5.11 Å². The van der Waals surface area contributed by atoms with Crippen molar-refractivity contribution >= 4 is 0 Å². The van der Waals surface area contributed by atoms with Gasteiger partial charge in [-0.05, 0) is 30.9 Å². The Labute approximate surface area is 90.8 Å². The molecular formula is C12H19NO2. The molecule has 2 N–H and O–H groups in total. The van der Waals surface area contributed by atoms with Crippen molar-refractivity contribution < 1.29 is 10.2 Å². The average Bonchev–Trinajstić information content (AvgIpc) is 2.27. The highest BCUT2D eigenvalue weighted by atomic mass is 16.3. The van der Waals surface area contributed by atoms with E-state index in [0.717, 1.165) is 12.1 Å². The van der Waals surface area contributed by atoms with Crippen molar-refractivity contribution in [3.05, 3.63) is 29.6 Å². The molecule has 3 nitrogen and oxygen atoms in total. The van der Waals surface area contributed by atoms with Gasteiger partial charge in [0.2, 0.25) is 0 Å². The Bertz CT molecular complexity index is 271. The first kappa shape index (κ1) is 12.1. The first-order chi connectivity index (χ1) is 7.26. The van der Waals surface area contributed by atoms with Crippen molar-refractivity contribution in [2.75, 3.05) is 6.61 Å². The van der Waals surface area contributed by atoms with E-state index in [1.165, 1.54) is 5.56 Å². The number of aromatic nitrogens is 1. The van der Waals surface area contributed by atoms with Crippen molar-refractivity contribution in [2.24, 2.45) is 0 Å². The van der Waals surface area contributed by atoms with Gasteiger partial charge in [0, 0.05) is 24.9 Å². The van der Waals surface area contributed by atoms with Crippen LogP contribution in [-0.4, -0.2) is 27.9 Å². The van der Waals surface area contributed by atoms with Crippen LogP contribution in [0, 0.1) is 0 Å². The molecule has 1 atom stereocenters. The maximum atomic E-state index is 9.61. The lowest BCUT2D eigenvalue weighted by atomic mass is 10.1. The third-order valence-electron chi connectivity index (χ3n) is 2.43. The third-order valence-corrected chi connectivity index (χ3v) is 2.43. The largest absolute Gasteiger partial charge is 0.396 e. The molecule has 0 aliphatic carbocycles. The number of aliphatic hydroxyl groups is 2. The molecule has 0 aromatic carbocycles. The molecule has 1 aromatic rings. The van der Waals surface area contributed by atoms with Crippen molar-refractivity contribution in [1.82, 2.24) is 4.98 Å². The van der Waals surface area contributed by atoms with Gasteiger partial charge in [-0.15, -0.1) is 0 Å². The van der Waals surface area contributed by atoms with E-state index in [9.17, 15) is 5.11 Å². The topological polar surface area (TPSA) is 53.4 Å². The predicted octanol–water partition coefficient (Wildman–Crippen LogP) is 1.32. The van der Waals surface area contributed by atoms with Crippen molar-refractivity contribution in [3.63, 3.8) is 0 Å². The highest BCUT2D eigenvalue weighted by Crippen LogP contribution is 2.06. The number of aryl methyl sites for hydroxylation is 1. The highest BCUT2D eigenvalue weighted by Gasteiger charge is 2.05. The maximum Gasteiger partial charge on any atom is 0.0596 e. The van der Waals surface area contributed by atoms with Gasteiger partial charge >= 0.3 is 0 Å². The van der Waals surface area contributed by atoms with Crippen molar-refractivity contribution in [2.45, 2.75) is 38.7 Å². The van der Waals surface area contributed by atoms with Crippen molar-refractivity contribution in [3.8, 4) is 0 Å². The Hall–Kier alpha value is -0.930. The minimum Gasteiger partial charge on any atom is -0.396 e. The van der Waals surface area contributed by atoms with Crippen LogP contribution in [-0.2, 0) is 12.8 Å². The van der Waals surface area contributed by atoms with Crippen molar-refractivity contribution in [1.29, 1.82) is 0 Å². The van der Waals surface area contributed by atoms with Crippen LogP contribution in [0.4, 0.5) is 0 Å². The number of aliphatic hydroxyl groups excluding tert-OH is 2. The lowest BCUT2D eigenvalue weighted by molar-refractivity contribution is 0.149. The SMILES string of the molecule is CCc1ccc(CC(O)CCCO)nc1. The molecule has 0 bridgehead atoms. The molecule has 0 spiro atoms. The average molecular weight is 209 g/mol. The van der Waals surface area contributed by atoms with E-state index in [1.807, 2.05) is 18.3 Å². The van der Waals surface area contributed by atoms with Crippen LogP contribution < -0.4 is 0 Å². The molecule has 0 aliphatic rings. The molecule has 15 heavy (non-hydrogen) atoms. The highest BCUT2D eigenvalue weighted by molar-refractivity contribution is 5.14. The number of nitrogens with zero attached hydrogens (tertiary/aromatic N) is 1. The fourth-order valence-corrected chi connectivity index (χ4v) is 1.46. The van der Waals surface area contributed by atoms with Crippen LogP contribution in [0.3, 0.4) is 0 Å². The van der Waals surface area contributed by atoms with E-state index >= 15 is 0 Å². The zero-order chi connectivity index (χ0) is 11.1. The molecule has 1 heterocycles. The second-order valence-corrected chi connectivity index (χ2v) is 3.74. The van der Waals surface area contributed by atoms with Crippen LogP contribution in [0.25, 0.3) is 0 Å².